The predicted molar refractivity (Wildman–Crippen MR) is 81.1 cm³/mol. The normalized spacial score (nSPS) is 11.0. The lowest BCUT2D eigenvalue weighted by Gasteiger charge is -2.04. The lowest BCUT2D eigenvalue weighted by Crippen LogP contribution is -1.93. The smallest absolute Gasteiger partial charge is 0.216 e. The molecule has 2 N–H and O–H groups in total. The van der Waals surface area contributed by atoms with Crippen molar-refractivity contribution in [2.45, 2.75) is 0 Å². The van der Waals surface area contributed by atoms with Gasteiger partial charge >= 0.3 is 0 Å². The average Bonchev–Trinajstić information content (AvgIpc) is 3.11. The molecule has 7 nitrogen and oxygen atoms in total. The van der Waals surface area contributed by atoms with Crippen LogP contribution in [0.25, 0.3) is 16.8 Å². The van der Waals surface area contributed by atoms with Crippen molar-refractivity contribution in [3.8, 4) is 17.3 Å². The molecule has 1 aromatic carbocycles. The van der Waals surface area contributed by atoms with Crippen LogP contribution in [0.2, 0.25) is 0 Å². The van der Waals surface area contributed by atoms with Gasteiger partial charge in [-0.1, -0.05) is 18.2 Å². The van der Waals surface area contributed by atoms with Crippen molar-refractivity contribution in [3.05, 3.63) is 60.7 Å². The van der Waals surface area contributed by atoms with E-state index in [4.69, 9.17) is 5.26 Å². The maximum absolute atomic E-state index is 9.08. The van der Waals surface area contributed by atoms with Crippen LogP contribution < -0.4 is 5.32 Å². The van der Waals surface area contributed by atoms with Crippen molar-refractivity contribution in [2.75, 3.05) is 5.32 Å². The summed E-state index contributed by atoms with van der Waals surface area (Å²) in [6.07, 6.45) is 3.30. The molecular formula is C15H11N7. The molecule has 0 saturated heterocycles. The summed E-state index contributed by atoms with van der Waals surface area (Å²) in [7, 11) is 0. The molecule has 106 valence electrons. The first-order chi connectivity index (χ1) is 10.9. The summed E-state index contributed by atoms with van der Waals surface area (Å²) in [6, 6.07) is 15.5. The van der Waals surface area contributed by atoms with Crippen molar-refractivity contribution in [2.24, 2.45) is 0 Å². The van der Waals surface area contributed by atoms with Crippen molar-refractivity contribution >= 4 is 11.3 Å². The predicted octanol–water partition coefficient (Wildman–Crippen LogP) is 2.24. The minimum atomic E-state index is 0.250. The zero-order chi connectivity index (χ0) is 15.2. The average molecular weight is 289 g/mol. The second-order valence-electron chi connectivity index (χ2n) is 4.34. The number of allylic oxidation sites excluding steroid dienone is 1. The van der Waals surface area contributed by atoms with Crippen molar-refractivity contribution in [1.82, 2.24) is 25.6 Å². The van der Waals surface area contributed by atoms with Crippen LogP contribution >= 0.6 is 0 Å². The van der Waals surface area contributed by atoms with Gasteiger partial charge in [0, 0.05) is 23.6 Å². The SMILES string of the molecule is N#CC(=CNc1ccc(-c2ccccn2)cc1)c1nn[nH]n1. The molecule has 0 aliphatic carbocycles. The summed E-state index contributed by atoms with van der Waals surface area (Å²) in [5, 5.41) is 25.4. The van der Waals surface area contributed by atoms with Gasteiger partial charge in [-0.3, -0.25) is 4.98 Å². The van der Waals surface area contributed by atoms with Crippen LogP contribution in [0, 0.1) is 11.3 Å². The summed E-state index contributed by atoms with van der Waals surface area (Å²) in [5.41, 5.74) is 3.07. The lowest BCUT2D eigenvalue weighted by atomic mass is 10.1. The Kier molecular flexibility index (Phi) is 3.84. The van der Waals surface area contributed by atoms with Crippen LogP contribution in [-0.4, -0.2) is 25.6 Å². The molecule has 2 aromatic heterocycles. The number of nitriles is 1. The molecule has 0 spiro atoms. The Labute approximate surface area is 126 Å². The molecule has 0 aliphatic rings. The molecule has 2 heterocycles. The standard InChI is InChI=1S/C15H11N7/c16-9-12(15-19-21-22-20-15)10-18-13-6-4-11(5-7-13)14-3-1-2-8-17-14/h1-8,10,18H,(H,19,20,21,22). The van der Waals surface area contributed by atoms with Gasteiger partial charge in [0.25, 0.3) is 0 Å². The topological polar surface area (TPSA) is 103 Å². The third-order valence-corrected chi connectivity index (χ3v) is 2.94. The Morgan fingerprint density at radius 2 is 2.05 bits per heavy atom. The van der Waals surface area contributed by atoms with E-state index in [1.807, 2.05) is 48.5 Å². The van der Waals surface area contributed by atoms with Crippen LogP contribution in [-0.2, 0) is 0 Å². The number of nitrogens with one attached hydrogen (secondary N) is 2. The summed E-state index contributed by atoms with van der Waals surface area (Å²) >= 11 is 0. The quantitative estimate of drug-likeness (QED) is 0.714. The van der Waals surface area contributed by atoms with Gasteiger partial charge in [-0.15, -0.1) is 10.2 Å². The van der Waals surface area contributed by atoms with E-state index in [0.29, 0.717) is 5.57 Å². The first kappa shape index (κ1) is 13.5. The number of tetrazole rings is 1. The second kappa shape index (κ2) is 6.28. The van der Waals surface area contributed by atoms with Gasteiger partial charge in [0.05, 0.1) is 5.69 Å². The molecular weight excluding hydrogens is 278 g/mol. The number of anilines is 1. The Bertz CT molecular complexity index is 799. The van der Waals surface area contributed by atoms with E-state index in [9.17, 15) is 0 Å². The second-order valence-corrected chi connectivity index (χ2v) is 4.34. The number of hydrogen-bond acceptors (Lipinski definition) is 6. The van der Waals surface area contributed by atoms with Crippen LogP contribution in [0.1, 0.15) is 5.82 Å². The highest BCUT2D eigenvalue weighted by atomic mass is 15.5. The fourth-order valence-electron chi connectivity index (χ4n) is 1.85. The molecule has 22 heavy (non-hydrogen) atoms. The van der Waals surface area contributed by atoms with Crippen LogP contribution in [0.4, 0.5) is 5.69 Å². The zero-order valence-corrected chi connectivity index (χ0v) is 11.4. The van der Waals surface area contributed by atoms with Crippen molar-refractivity contribution in [3.63, 3.8) is 0 Å². The molecule has 0 saturated carbocycles. The summed E-state index contributed by atoms with van der Waals surface area (Å²) in [5.74, 6) is 0.250. The van der Waals surface area contributed by atoms with E-state index in [2.05, 4.69) is 30.9 Å². The highest BCUT2D eigenvalue weighted by Gasteiger charge is 2.05. The minimum Gasteiger partial charge on any atom is -0.360 e. The molecule has 0 radical (unpaired) electrons. The molecule has 0 atom stereocenters. The summed E-state index contributed by atoms with van der Waals surface area (Å²) in [6.45, 7) is 0. The van der Waals surface area contributed by atoms with Crippen LogP contribution in [0.5, 0.6) is 0 Å². The van der Waals surface area contributed by atoms with Gasteiger partial charge in [0.15, 0.2) is 0 Å². The number of nitrogens with zero attached hydrogens (tertiary/aromatic N) is 5. The van der Waals surface area contributed by atoms with E-state index in [-0.39, 0.29) is 5.82 Å². The Hall–Kier alpha value is -3.53. The van der Waals surface area contributed by atoms with Crippen LogP contribution in [0.3, 0.4) is 0 Å². The summed E-state index contributed by atoms with van der Waals surface area (Å²) in [4.78, 5) is 4.30. The number of benzene rings is 1. The monoisotopic (exact) mass is 289 g/mol. The first-order valence-electron chi connectivity index (χ1n) is 6.49. The van der Waals surface area contributed by atoms with E-state index >= 15 is 0 Å². The third-order valence-electron chi connectivity index (χ3n) is 2.94. The Balaban J connectivity index is 1.76. The first-order valence-corrected chi connectivity index (χ1v) is 6.49. The third kappa shape index (κ3) is 2.96. The lowest BCUT2D eigenvalue weighted by molar-refractivity contribution is 0.881. The van der Waals surface area contributed by atoms with Gasteiger partial charge in [0.1, 0.15) is 11.6 Å². The van der Waals surface area contributed by atoms with Gasteiger partial charge in [-0.2, -0.15) is 10.5 Å². The molecule has 3 rings (SSSR count). The molecule has 0 aliphatic heterocycles. The highest BCUT2D eigenvalue weighted by molar-refractivity contribution is 5.74. The molecule has 0 fully saturated rings. The van der Waals surface area contributed by atoms with E-state index in [1.165, 1.54) is 0 Å². The van der Waals surface area contributed by atoms with E-state index in [0.717, 1.165) is 16.9 Å². The number of aromatic nitrogens is 5. The van der Waals surface area contributed by atoms with Gasteiger partial charge in [-0.05, 0) is 29.5 Å². The highest BCUT2D eigenvalue weighted by Crippen LogP contribution is 2.19. The van der Waals surface area contributed by atoms with E-state index < -0.39 is 0 Å². The largest absolute Gasteiger partial charge is 0.360 e. The fraction of sp³-hybridized carbons (Fsp3) is 0. The number of hydrogen-bond donors (Lipinski definition) is 2. The Morgan fingerprint density at radius 3 is 2.68 bits per heavy atom. The minimum absolute atomic E-state index is 0.250. The molecule has 0 amide bonds. The Morgan fingerprint density at radius 1 is 1.18 bits per heavy atom. The summed E-state index contributed by atoms with van der Waals surface area (Å²) < 4.78 is 0. The van der Waals surface area contributed by atoms with Gasteiger partial charge in [0.2, 0.25) is 5.82 Å². The number of aromatic amines is 1. The van der Waals surface area contributed by atoms with Crippen LogP contribution in [0.15, 0.2) is 54.9 Å². The molecule has 7 heteroatoms. The molecule has 3 aromatic rings. The van der Waals surface area contributed by atoms with Crippen molar-refractivity contribution < 1.29 is 0 Å². The van der Waals surface area contributed by atoms with E-state index in [1.54, 1.807) is 12.4 Å². The maximum Gasteiger partial charge on any atom is 0.216 e. The number of pyridine rings is 1. The molecule has 0 unspecified atom stereocenters. The van der Waals surface area contributed by atoms with Gasteiger partial charge < -0.3 is 5.32 Å². The number of H-pyrrole nitrogens is 1. The fourth-order valence-corrected chi connectivity index (χ4v) is 1.85. The maximum atomic E-state index is 9.08. The number of rotatable bonds is 4. The molecule has 0 bridgehead atoms. The van der Waals surface area contributed by atoms with Crippen molar-refractivity contribution in [1.29, 1.82) is 5.26 Å². The van der Waals surface area contributed by atoms with Gasteiger partial charge in [-0.25, -0.2) is 0 Å². The zero-order valence-electron chi connectivity index (χ0n) is 11.4.